The maximum absolute atomic E-state index is 12.8. The SMILES string of the molecule is COc1ccc(S(=O)(=O)N2CCC[C@H](C(=O)NC(C)C)C2)cc1Cl. The summed E-state index contributed by atoms with van der Waals surface area (Å²) in [6, 6.07) is 4.41. The van der Waals surface area contributed by atoms with E-state index < -0.39 is 10.0 Å². The predicted molar refractivity (Wildman–Crippen MR) is 92.8 cm³/mol. The molecule has 1 saturated heterocycles. The number of nitrogens with one attached hydrogen (secondary N) is 1. The first-order valence-electron chi connectivity index (χ1n) is 7.89. The van der Waals surface area contributed by atoms with Crippen molar-refractivity contribution in [2.75, 3.05) is 20.2 Å². The number of hydrogen-bond donors (Lipinski definition) is 1. The summed E-state index contributed by atoms with van der Waals surface area (Å²) in [5.74, 6) is -0.00856. The minimum Gasteiger partial charge on any atom is -0.495 e. The molecule has 0 aliphatic carbocycles. The molecule has 0 saturated carbocycles. The monoisotopic (exact) mass is 374 g/mol. The van der Waals surface area contributed by atoms with Crippen LogP contribution in [0.4, 0.5) is 0 Å². The molecule has 1 heterocycles. The topological polar surface area (TPSA) is 75.7 Å². The van der Waals surface area contributed by atoms with Crippen molar-refractivity contribution >= 4 is 27.5 Å². The minimum absolute atomic E-state index is 0.0323. The molecular formula is C16H23ClN2O4S. The van der Waals surface area contributed by atoms with Crippen LogP contribution >= 0.6 is 11.6 Å². The molecule has 0 unspecified atom stereocenters. The summed E-state index contributed by atoms with van der Waals surface area (Å²) in [5.41, 5.74) is 0. The highest BCUT2D eigenvalue weighted by Gasteiger charge is 2.33. The Kier molecular flexibility index (Phi) is 6.11. The number of hydrogen-bond acceptors (Lipinski definition) is 4. The van der Waals surface area contributed by atoms with E-state index in [9.17, 15) is 13.2 Å². The second-order valence-electron chi connectivity index (χ2n) is 6.16. The first-order valence-corrected chi connectivity index (χ1v) is 9.71. The number of benzene rings is 1. The smallest absolute Gasteiger partial charge is 0.243 e. The fraction of sp³-hybridized carbons (Fsp3) is 0.562. The van der Waals surface area contributed by atoms with Gasteiger partial charge in [-0.2, -0.15) is 4.31 Å². The van der Waals surface area contributed by atoms with E-state index in [0.29, 0.717) is 25.1 Å². The van der Waals surface area contributed by atoms with Crippen molar-refractivity contribution in [2.45, 2.75) is 37.6 Å². The average molecular weight is 375 g/mol. The summed E-state index contributed by atoms with van der Waals surface area (Å²) in [5, 5.41) is 3.09. The van der Waals surface area contributed by atoms with Gasteiger partial charge in [0.2, 0.25) is 15.9 Å². The standard InChI is InChI=1S/C16H23ClN2O4S/c1-11(2)18-16(20)12-5-4-8-19(10-12)24(21,22)13-6-7-15(23-3)14(17)9-13/h6-7,9,11-12H,4-5,8,10H2,1-3H3,(H,18,20)/t12-/m0/s1. The molecule has 1 atom stereocenters. The fourth-order valence-corrected chi connectivity index (χ4v) is 4.61. The summed E-state index contributed by atoms with van der Waals surface area (Å²) in [6.07, 6.45) is 1.34. The van der Waals surface area contributed by atoms with Gasteiger partial charge in [-0.05, 0) is 44.9 Å². The number of piperidine rings is 1. The van der Waals surface area contributed by atoms with Crippen LogP contribution in [0.25, 0.3) is 0 Å². The van der Waals surface area contributed by atoms with E-state index in [1.54, 1.807) is 0 Å². The van der Waals surface area contributed by atoms with Gasteiger partial charge in [0.05, 0.1) is 22.9 Å². The lowest BCUT2D eigenvalue weighted by atomic mass is 9.98. The Morgan fingerprint density at radius 3 is 2.71 bits per heavy atom. The lowest BCUT2D eigenvalue weighted by Gasteiger charge is -2.31. The highest BCUT2D eigenvalue weighted by Crippen LogP contribution is 2.30. The Hall–Kier alpha value is -1.31. The molecule has 1 amide bonds. The average Bonchev–Trinajstić information content (AvgIpc) is 2.54. The van der Waals surface area contributed by atoms with Crippen LogP contribution < -0.4 is 10.1 Å². The number of methoxy groups -OCH3 is 1. The van der Waals surface area contributed by atoms with Crippen LogP contribution in [0.15, 0.2) is 23.1 Å². The number of carbonyl (C=O) groups is 1. The summed E-state index contributed by atoms with van der Waals surface area (Å²) in [7, 11) is -2.22. The van der Waals surface area contributed by atoms with E-state index in [0.717, 1.165) is 0 Å². The van der Waals surface area contributed by atoms with Gasteiger partial charge in [0.25, 0.3) is 0 Å². The van der Waals surface area contributed by atoms with E-state index >= 15 is 0 Å². The first-order chi connectivity index (χ1) is 11.3. The van der Waals surface area contributed by atoms with E-state index in [2.05, 4.69) is 5.32 Å². The van der Waals surface area contributed by atoms with Gasteiger partial charge < -0.3 is 10.1 Å². The molecule has 1 fully saturated rings. The van der Waals surface area contributed by atoms with Crippen molar-refractivity contribution in [1.29, 1.82) is 0 Å². The largest absolute Gasteiger partial charge is 0.495 e. The molecule has 2 rings (SSSR count). The molecule has 134 valence electrons. The van der Waals surface area contributed by atoms with Gasteiger partial charge in [-0.1, -0.05) is 11.6 Å². The van der Waals surface area contributed by atoms with Crippen molar-refractivity contribution in [3.8, 4) is 5.75 Å². The van der Waals surface area contributed by atoms with Gasteiger partial charge >= 0.3 is 0 Å². The van der Waals surface area contributed by atoms with Crippen LogP contribution in [0, 0.1) is 5.92 Å². The Labute approximate surface area is 148 Å². The molecule has 1 aliphatic heterocycles. The maximum Gasteiger partial charge on any atom is 0.243 e. The van der Waals surface area contributed by atoms with E-state index in [-0.39, 0.29) is 34.3 Å². The Balaban J connectivity index is 2.19. The first kappa shape index (κ1) is 19.0. The van der Waals surface area contributed by atoms with Gasteiger partial charge in [-0.3, -0.25) is 4.79 Å². The molecule has 6 nitrogen and oxygen atoms in total. The highest BCUT2D eigenvalue weighted by molar-refractivity contribution is 7.89. The zero-order chi connectivity index (χ0) is 17.9. The normalized spacial score (nSPS) is 19.3. The van der Waals surface area contributed by atoms with Gasteiger partial charge in [-0.15, -0.1) is 0 Å². The molecule has 0 spiro atoms. The van der Waals surface area contributed by atoms with E-state index in [4.69, 9.17) is 16.3 Å². The number of amides is 1. The summed E-state index contributed by atoms with van der Waals surface area (Å²) in [6.45, 7) is 4.35. The molecule has 8 heteroatoms. The summed E-state index contributed by atoms with van der Waals surface area (Å²) >= 11 is 6.04. The molecule has 1 aromatic rings. The Bertz CT molecular complexity index is 706. The summed E-state index contributed by atoms with van der Waals surface area (Å²) < 4.78 is 32.1. The van der Waals surface area contributed by atoms with Gasteiger partial charge in [0.15, 0.2) is 0 Å². The lowest BCUT2D eigenvalue weighted by molar-refractivity contribution is -0.126. The third-order valence-corrected chi connectivity index (χ3v) is 6.10. The van der Waals surface area contributed by atoms with Gasteiger partial charge in [0, 0.05) is 19.1 Å². The van der Waals surface area contributed by atoms with E-state index in [1.807, 2.05) is 13.8 Å². The van der Waals surface area contributed by atoms with Crippen LogP contribution in [0.2, 0.25) is 5.02 Å². The lowest BCUT2D eigenvalue weighted by Crippen LogP contribution is -2.46. The number of ether oxygens (including phenoxy) is 1. The van der Waals surface area contributed by atoms with Crippen LogP contribution in [0.3, 0.4) is 0 Å². The zero-order valence-electron chi connectivity index (χ0n) is 14.1. The van der Waals surface area contributed by atoms with Crippen molar-refractivity contribution in [3.63, 3.8) is 0 Å². The number of carbonyl (C=O) groups excluding carboxylic acids is 1. The van der Waals surface area contributed by atoms with Crippen LogP contribution in [0.5, 0.6) is 5.75 Å². The third-order valence-electron chi connectivity index (χ3n) is 3.95. The minimum atomic E-state index is -3.69. The van der Waals surface area contributed by atoms with Crippen LogP contribution in [-0.4, -0.2) is 44.9 Å². The third kappa shape index (κ3) is 4.20. The van der Waals surface area contributed by atoms with E-state index in [1.165, 1.54) is 29.6 Å². The van der Waals surface area contributed by atoms with Crippen molar-refractivity contribution in [3.05, 3.63) is 23.2 Å². The van der Waals surface area contributed by atoms with Gasteiger partial charge in [-0.25, -0.2) is 8.42 Å². The quantitative estimate of drug-likeness (QED) is 0.857. The Morgan fingerprint density at radius 1 is 1.42 bits per heavy atom. The molecule has 24 heavy (non-hydrogen) atoms. The number of halogens is 1. The molecule has 0 bridgehead atoms. The van der Waals surface area contributed by atoms with Crippen LogP contribution in [-0.2, 0) is 14.8 Å². The molecule has 1 aliphatic rings. The molecule has 0 aromatic heterocycles. The fourth-order valence-electron chi connectivity index (χ4n) is 2.73. The Morgan fingerprint density at radius 2 is 2.12 bits per heavy atom. The number of rotatable bonds is 5. The molecule has 1 aromatic carbocycles. The predicted octanol–water partition coefficient (Wildman–Crippen LogP) is 2.27. The van der Waals surface area contributed by atoms with Crippen molar-refractivity contribution in [2.24, 2.45) is 5.92 Å². The van der Waals surface area contributed by atoms with Crippen LogP contribution in [0.1, 0.15) is 26.7 Å². The number of nitrogens with zero attached hydrogens (tertiary/aromatic N) is 1. The molecule has 0 radical (unpaired) electrons. The number of sulfonamides is 1. The van der Waals surface area contributed by atoms with Crippen molar-refractivity contribution in [1.82, 2.24) is 9.62 Å². The second-order valence-corrected chi connectivity index (χ2v) is 8.51. The zero-order valence-corrected chi connectivity index (χ0v) is 15.7. The highest BCUT2D eigenvalue weighted by atomic mass is 35.5. The molecule has 1 N–H and O–H groups in total. The summed E-state index contributed by atoms with van der Waals surface area (Å²) in [4.78, 5) is 12.3. The van der Waals surface area contributed by atoms with Crippen molar-refractivity contribution < 1.29 is 17.9 Å². The maximum atomic E-state index is 12.8. The second kappa shape index (κ2) is 7.72. The van der Waals surface area contributed by atoms with Gasteiger partial charge in [0.1, 0.15) is 5.75 Å². The molecular weight excluding hydrogens is 352 g/mol.